The van der Waals surface area contributed by atoms with Crippen LogP contribution in [0.25, 0.3) is 0 Å². The molecule has 4 heteroatoms. The first-order chi connectivity index (χ1) is 10.2. The van der Waals surface area contributed by atoms with Gasteiger partial charge in [0.25, 0.3) is 5.91 Å². The van der Waals surface area contributed by atoms with Gasteiger partial charge in [0, 0.05) is 5.54 Å². The first kappa shape index (κ1) is 13.0. The van der Waals surface area contributed by atoms with Crippen LogP contribution in [0.4, 0.5) is 0 Å². The SMILES string of the molecule is O=C1N=C(NC23CC4CC(CC2C4)C3)SC12CCCCC2. The van der Waals surface area contributed by atoms with Gasteiger partial charge in [-0.2, -0.15) is 4.99 Å². The lowest BCUT2D eigenvalue weighted by Gasteiger charge is -2.35. The molecule has 3 nitrogen and oxygen atoms in total. The normalized spacial score (nSPS) is 46.4. The molecule has 1 amide bonds. The van der Waals surface area contributed by atoms with E-state index >= 15 is 0 Å². The van der Waals surface area contributed by atoms with Crippen LogP contribution in [0.2, 0.25) is 0 Å². The zero-order valence-corrected chi connectivity index (χ0v) is 13.4. The molecule has 0 radical (unpaired) electrons. The average molecular weight is 304 g/mol. The summed E-state index contributed by atoms with van der Waals surface area (Å²) in [7, 11) is 0. The molecule has 5 aliphatic carbocycles. The zero-order valence-electron chi connectivity index (χ0n) is 12.6. The van der Waals surface area contributed by atoms with Crippen molar-refractivity contribution in [2.75, 3.05) is 0 Å². The third-order valence-corrected chi connectivity index (χ3v) is 8.25. The van der Waals surface area contributed by atoms with Crippen molar-refractivity contribution >= 4 is 22.8 Å². The molecular formula is C17H24N2OS. The number of nitrogens with zero attached hydrogens (tertiary/aromatic N) is 1. The Hall–Kier alpha value is -0.510. The lowest BCUT2D eigenvalue weighted by atomic mass is 9.80. The maximum atomic E-state index is 12.4. The number of hydrogen-bond acceptors (Lipinski definition) is 3. The van der Waals surface area contributed by atoms with Crippen LogP contribution in [0.3, 0.4) is 0 Å². The zero-order chi connectivity index (χ0) is 14.1. The highest BCUT2D eigenvalue weighted by molar-refractivity contribution is 8.16. The summed E-state index contributed by atoms with van der Waals surface area (Å²) in [5.74, 6) is 2.90. The fourth-order valence-electron chi connectivity index (χ4n) is 6.15. The van der Waals surface area contributed by atoms with Crippen molar-refractivity contribution < 1.29 is 4.79 Å². The predicted molar refractivity (Wildman–Crippen MR) is 85.3 cm³/mol. The lowest BCUT2D eigenvalue weighted by Crippen LogP contribution is -2.48. The van der Waals surface area contributed by atoms with Gasteiger partial charge in [-0.15, -0.1) is 0 Å². The molecule has 21 heavy (non-hydrogen) atoms. The van der Waals surface area contributed by atoms with Crippen LogP contribution in [0, 0.1) is 17.8 Å². The third-order valence-electron chi connectivity index (χ3n) is 6.89. The van der Waals surface area contributed by atoms with Gasteiger partial charge in [0.2, 0.25) is 0 Å². The van der Waals surface area contributed by atoms with E-state index in [9.17, 15) is 4.79 Å². The summed E-state index contributed by atoms with van der Waals surface area (Å²) in [6.07, 6.45) is 12.7. The number of rotatable bonds is 1. The molecule has 114 valence electrons. The highest BCUT2D eigenvalue weighted by atomic mass is 32.2. The van der Waals surface area contributed by atoms with Gasteiger partial charge >= 0.3 is 0 Å². The predicted octanol–water partition coefficient (Wildman–Crippen LogP) is 3.49. The maximum absolute atomic E-state index is 12.4. The summed E-state index contributed by atoms with van der Waals surface area (Å²) in [6.45, 7) is 0. The van der Waals surface area contributed by atoms with E-state index < -0.39 is 0 Å². The number of carbonyl (C=O) groups is 1. The molecule has 4 bridgehead atoms. The van der Waals surface area contributed by atoms with Crippen LogP contribution in [-0.4, -0.2) is 21.4 Å². The molecule has 5 saturated carbocycles. The average Bonchev–Trinajstić information content (AvgIpc) is 2.95. The van der Waals surface area contributed by atoms with E-state index in [1.54, 1.807) is 11.8 Å². The number of thioether (sulfide) groups is 1. The van der Waals surface area contributed by atoms with Gasteiger partial charge in [0.05, 0.1) is 0 Å². The van der Waals surface area contributed by atoms with Crippen LogP contribution in [0.15, 0.2) is 4.99 Å². The van der Waals surface area contributed by atoms with Gasteiger partial charge in [-0.05, 0) is 62.7 Å². The Labute approximate surface area is 130 Å². The first-order valence-corrected chi connectivity index (χ1v) is 9.59. The summed E-state index contributed by atoms with van der Waals surface area (Å²) < 4.78 is -0.188. The van der Waals surface area contributed by atoms with Gasteiger partial charge in [-0.3, -0.25) is 4.79 Å². The van der Waals surface area contributed by atoms with E-state index in [4.69, 9.17) is 0 Å². The molecule has 2 unspecified atom stereocenters. The Kier molecular flexibility index (Phi) is 2.64. The van der Waals surface area contributed by atoms with Crippen LogP contribution >= 0.6 is 11.8 Å². The number of aliphatic imine (C=N–C) groups is 1. The maximum Gasteiger partial charge on any atom is 0.264 e. The van der Waals surface area contributed by atoms with Gasteiger partial charge in [0.15, 0.2) is 5.17 Å². The highest BCUT2D eigenvalue weighted by Crippen LogP contribution is 2.60. The van der Waals surface area contributed by atoms with E-state index in [2.05, 4.69) is 10.3 Å². The molecule has 2 atom stereocenters. The highest BCUT2D eigenvalue weighted by Gasteiger charge is 2.59. The van der Waals surface area contributed by atoms with Crippen molar-refractivity contribution in [1.82, 2.24) is 5.32 Å². The topological polar surface area (TPSA) is 41.5 Å². The molecule has 0 aromatic heterocycles. The fraction of sp³-hybridized carbons (Fsp3) is 0.882. The van der Waals surface area contributed by atoms with Crippen molar-refractivity contribution in [3.05, 3.63) is 0 Å². The largest absolute Gasteiger partial charge is 0.359 e. The minimum atomic E-state index is -0.188. The van der Waals surface area contributed by atoms with Gasteiger partial charge in [-0.25, -0.2) is 0 Å². The van der Waals surface area contributed by atoms with E-state index in [1.807, 2.05) is 0 Å². The molecule has 1 aliphatic heterocycles. The molecule has 0 aromatic rings. The number of amidine groups is 1. The Bertz CT molecular complexity index is 509. The summed E-state index contributed by atoms with van der Waals surface area (Å²) >= 11 is 1.78. The van der Waals surface area contributed by atoms with Crippen molar-refractivity contribution in [3.63, 3.8) is 0 Å². The number of nitrogens with one attached hydrogen (secondary N) is 1. The Morgan fingerprint density at radius 3 is 2.48 bits per heavy atom. The fourth-order valence-corrected chi connectivity index (χ4v) is 7.53. The van der Waals surface area contributed by atoms with Crippen molar-refractivity contribution in [1.29, 1.82) is 0 Å². The molecule has 1 heterocycles. The Morgan fingerprint density at radius 1 is 1.05 bits per heavy atom. The number of amides is 1. The van der Waals surface area contributed by atoms with Crippen molar-refractivity contribution in [2.45, 2.75) is 74.5 Å². The number of carbonyl (C=O) groups excluding carboxylic acids is 1. The smallest absolute Gasteiger partial charge is 0.264 e. The second-order valence-electron chi connectivity index (χ2n) is 8.20. The quantitative estimate of drug-likeness (QED) is 0.806. The van der Waals surface area contributed by atoms with Gasteiger partial charge < -0.3 is 5.32 Å². The van der Waals surface area contributed by atoms with Gasteiger partial charge in [-0.1, -0.05) is 31.0 Å². The standard InChI is InChI=1S/C17H24N2OS/c20-14-17(4-2-1-3-5-17)21-15(18-14)19-16-9-11-6-12(10-16)8-13(16)7-11/h11-13H,1-10H2,(H,18,19,20). The summed E-state index contributed by atoms with van der Waals surface area (Å²) in [4.78, 5) is 16.9. The number of hydrogen-bond donors (Lipinski definition) is 1. The van der Waals surface area contributed by atoms with Crippen LogP contribution < -0.4 is 5.32 Å². The molecule has 1 N–H and O–H groups in total. The molecule has 6 rings (SSSR count). The Balaban J connectivity index is 1.36. The van der Waals surface area contributed by atoms with E-state index in [0.29, 0.717) is 5.54 Å². The molecule has 6 aliphatic rings. The molecule has 1 spiro atoms. The summed E-state index contributed by atoms with van der Waals surface area (Å²) in [5.41, 5.74) is 0.305. The van der Waals surface area contributed by atoms with Crippen LogP contribution in [-0.2, 0) is 4.79 Å². The van der Waals surface area contributed by atoms with Gasteiger partial charge in [0.1, 0.15) is 4.75 Å². The van der Waals surface area contributed by atoms with Crippen LogP contribution in [0.5, 0.6) is 0 Å². The van der Waals surface area contributed by atoms with Crippen molar-refractivity contribution in [2.24, 2.45) is 22.7 Å². The minimum Gasteiger partial charge on any atom is -0.359 e. The third kappa shape index (κ3) is 1.80. The molecular weight excluding hydrogens is 280 g/mol. The summed E-state index contributed by atoms with van der Waals surface area (Å²) in [5, 5.41) is 4.78. The molecule has 0 aromatic carbocycles. The van der Waals surface area contributed by atoms with E-state index in [0.717, 1.165) is 35.8 Å². The van der Waals surface area contributed by atoms with Crippen LogP contribution in [0.1, 0.15) is 64.2 Å². The van der Waals surface area contributed by atoms with E-state index in [-0.39, 0.29) is 10.7 Å². The van der Waals surface area contributed by atoms with Crippen molar-refractivity contribution in [3.8, 4) is 0 Å². The Morgan fingerprint density at radius 2 is 1.76 bits per heavy atom. The first-order valence-electron chi connectivity index (χ1n) is 8.78. The molecule has 5 fully saturated rings. The summed E-state index contributed by atoms with van der Waals surface area (Å²) in [6, 6.07) is 0. The second-order valence-corrected chi connectivity index (χ2v) is 9.58. The minimum absolute atomic E-state index is 0.156. The molecule has 0 saturated heterocycles. The van der Waals surface area contributed by atoms with E-state index in [1.165, 1.54) is 51.4 Å². The second kappa shape index (κ2) is 4.27. The lowest BCUT2D eigenvalue weighted by molar-refractivity contribution is -0.120. The monoisotopic (exact) mass is 304 g/mol.